The minimum absolute atomic E-state index is 0.150. The molecule has 0 N–H and O–H groups in total. The number of carbonyl (C=O) groups is 3. The quantitative estimate of drug-likeness (QED) is 0.0195. The maximum atomic E-state index is 13.0. The second kappa shape index (κ2) is 70.9. The lowest BCUT2D eigenvalue weighted by atomic mass is 10.0. The van der Waals surface area contributed by atoms with Gasteiger partial charge in [-0.2, -0.15) is 0 Å². The maximum absolute atomic E-state index is 13.0. The molecule has 0 amide bonds. The van der Waals surface area contributed by atoms with E-state index in [-0.39, 0.29) is 32.2 Å². The zero-order valence-corrected chi connectivity index (χ0v) is 59.6. The Morgan fingerprint density at radius 2 is 0.640 bits per heavy atom. The number of quaternary nitrogens is 1. The van der Waals surface area contributed by atoms with E-state index in [0.29, 0.717) is 17.4 Å². The van der Waals surface area contributed by atoms with Crippen molar-refractivity contribution in [2.24, 2.45) is 0 Å². The number of aliphatic carboxylic acids is 1. The molecule has 2 atom stereocenters. The summed E-state index contributed by atoms with van der Waals surface area (Å²) in [4.78, 5) is 37.5. The first kappa shape index (κ1) is 86.0. The first-order valence-electron chi connectivity index (χ1n) is 38.4. The van der Waals surface area contributed by atoms with Crippen molar-refractivity contribution >= 4 is 17.9 Å². The molecule has 0 spiro atoms. The second-order valence-corrected chi connectivity index (χ2v) is 27.3. The topological polar surface area (TPSA) is 111 Å². The average molecular weight is 1250 g/mol. The van der Waals surface area contributed by atoms with Crippen molar-refractivity contribution in [3.8, 4) is 0 Å². The third-order valence-corrected chi connectivity index (χ3v) is 17.2. The number of esters is 2. The smallest absolute Gasteiger partial charge is 0.306 e. The molecular weight excluding hydrogens is 1100 g/mol. The number of likely N-dealkylation sites (N-methyl/N-ethyl adjacent to an activating group) is 1. The van der Waals surface area contributed by atoms with Crippen LogP contribution in [0.5, 0.6) is 0 Å². The van der Waals surface area contributed by atoms with Gasteiger partial charge in [0, 0.05) is 12.8 Å². The molecule has 0 aliphatic carbocycles. The van der Waals surface area contributed by atoms with Gasteiger partial charge in [-0.25, -0.2) is 0 Å². The van der Waals surface area contributed by atoms with Crippen LogP contribution in [0.4, 0.5) is 0 Å². The van der Waals surface area contributed by atoms with Gasteiger partial charge in [0.15, 0.2) is 12.4 Å². The van der Waals surface area contributed by atoms with Crippen LogP contribution in [0, 0.1) is 0 Å². The largest absolute Gasteiger partial charge is 0.545 e. The molecule has 0 aromatic rings. The third kappa shape index (κ3) is 72.3. The highest BCUT2D eigenvalue weighted by molar-refractivity contribution is 5.70. The van der Waals surface area contributed by atoms with E-state index in [4.69, 9.17) is 18.9 Å². The highest BCUT2D eigenvalue weighted by Crippen LogP contribution is 2.19. The van der Waals surface area contributed by atoms with Crippen molar-refractivity contribution in [2.75, 3.05) is 47.5 Å². The molecule has 0 bridgehead atoms. The SMILES string of the molecule is CC/C=C\C/C=C\C/C=C\C/C=C\CCCCCCCCCCCCCCCCCCCCCCCCCCCCC(=O)OC(COC(=O)CCCCCCCCCCCCCCC/C=C\CCCCCCCCCC)COC(OCC[N+](C)(C)C)C(=O)[O-]. The van der Waals surface area contributed by atoms with Crippen molar-refractivity contribution in [1.29, 1.82) is 0 Å². The minimum atomic E-state index is -1.62. The molecule has 0 saturated carbocycles. The van der Waals surface area contributed by atoms with E-state index in [1.807, 2.05) is 21.1 Å². The molecular formula is C80H147NO8. The summed E-state index contributed by atoms with van der Waals surface area (Å²) < 4.78 is 22.9. The Morgan fingerprint density at radius 1 is 0.348 bits per heavy atom. The van der Waals surface area contributed by atoms with E-state index in [2.05, 4.69) is 74.6 Å². The summed E-state index contributed by atoms with van der Waals surface area (Å²) in [7, 11) is 5.95. The number of carboxylic acid groups (broad SMARTS) is 1. The molecule has 9 nitrogen and oxygen atoms in total. The second-order valence-electron chi connectivity index (χ2n) is 27.3. The number of carboxylic acids is 1. The summed E-state index contributed by atoms with van der Waals surface area (Å²) in [5.41, 5.74) is 0. The fraction of sp³-hybridized carbons (Fsp3) is 0.838. The number of rotatable bonds is 72. The van der Waals surface area contributed by atoms with Gasteiger partial charge < -0.3 is 33.3 Å². The van der Waals surface area contributed by atoms with Gasteiger partial charge in [-0.3, -0.25) is 9.59 Å². The van der Waals surface area contributed by atoms with Crippen LogP contribution in [0.3, 0.4) is 0 Å². The average Bonchev–Trinajstić information content (AvgIpc) is 3.64. The summed E-state index contributed by atoms with van der Waals surface area (Å²) in [5.74, 6) is -2.25. The lowest BCUT2D eigenvalue weighted by Gasteiger charge is -2.26. The third-order valence-electron chi connectivity index (χ3n) is 17.2. The lowest BCUT2D eigenvalue weighted by Crippen LogP contribution is -2.44. The Bertz CT molecular complexity index is 1650. The zero-order valence-electron chi connectivity index (χ0n) is 59.6. The van der Waals surface area contributed by atoms with Gasteiger partial charge in [0.1, 0.15) is 13.2 Å². The van der Waals surface area contributed by atoms with Gasteiger partial charge in [0.25, 0.3) is 0 Å². The fourth-order valence-corrected chi connectivity index (χ4v) is 11.4. The Labute approximate surface area is 552 Å². The minimum Gasteiger partial charge on any atom is -0.545 e. The zero-order chi connectivity index (χ0) is 64.7. The summed E-state index contributed by atoms with van der Waals surface area (Å²) >= 11 is 0. The fourth-order valence-electron chi connectivity index (χ4n) is 11.4. The van der Waals surface area contributed by atoms with Crippen molar-refractivity contribution < 1.29 is 42.9 Å². The first-order chi connectivity index (χ1) is 43.6. The molecule has 0 aromatic heterocycles. The van der Waals surface area contributed by atoms with Crippen molar-refractivity contribution in [3.63, 3.8) is 0 Å². The van der Waals surface area contributed by atoms with Crippen LogP contribution in [0.25, 0.3) is 0 Å². The monoisotopic (exact) mass is 1250 g/mol. The van der Waals surface area contributed by atoms with E-state index in [9.17, 15) is 19.5 Å². The van der Waals surface area contributed by atoms with Crippen molar-refractivity contribution in [2.45, 2.75) is 386 Å². The highest BCUT2D eigenvalue weighted by Gasteiger charge is 2.22. The van der Waals surface area contributed by atoms with Crippen LogP contribution < -0.4 is 5.11 Å². The first-order valence-corrected chi connectivity index (χ1v) is 38.4. The van der Waals surface area contributed by atoms with Gasteiger partial charge in [0.05, 0.1) is 40.3 Å². The van der Waals surface area contributed by atoms with Gasteiger partial charge in [-0.05, 0) is 77.0 Å². The lowest BCUT2D eigenvalue weighted by molar-refractivity contribution is -0.870. The number of carbonyl (C=O) groups excluding carboxylic acids is 3. The maximum Gasteiger partial charge on any atom is 0.306 e. The van der Waals surface area contributed by atoms with E-state index in [1.165, 1.54) is 283 Å². The van der Waals surface area contributed by atoms with Gasteiger partial charge in [-0.15, -0.1) is 0 Å². The van der Waals surface area contributed by atoms with Crippen molar-refractivity contribution in [1.82, 2.24) is 0 Å². The van der Waals surface area contributed by atoms with E-state index in [1.54, 1.807) is 0 Å². The highest BCUT2D eigenvalue weighted by atomic mass is 16.7. The predicted molar refractivity (Wildman–Crippen MR) is 380 cm³/mol. The number of unbranched alkanes of at least 4 members (excludes halogenated alkanes) is 47. The number of hydrogen-bond donors (Lipinski definition) is 0. The van der Waals surface area contributed by atoms with Crippen LogP contribution in [0.15, 0.2) is 60.8 Å². The molecule has 520 valence electrons. The van der Waals surface area contributed by atoms with Crippen LogP contribution in [0.2, 0.25) is 0 Å². The van der Waals surface area contributed by atoms with Crippen LogP contribution >= 0.6 is 0 Å². The predicted octanol–water partition coefficient (Wildman–Crippen LogP) is 22.9. The molecule has 9 heteroatoms. The molecule has 0 heterocycles. The molecule has 0 saturated heterocycles. The van der Waals surface area contributed by atoms with E-state index < -0.39 is 24.3 Å². The van der Waals surface area contributed by atoms with E-state index in [0.717, 1.165) is 64.2 Å². The van der Waals surface area contributed by atoms with Crippen LogP contribution in [0.1, 0.15) is 373 Å². The Balaban J connectivity index is 3.97. The molecule has 0 aliphatic heterocycles. The normalized spacial score (nSPS) is 13.0. The van der Waals surface area contributed by atoms with E-state index >= 15 is 0 Å². The van der Waals surface area contributed by atoms with Crippen LogP contribution in [-0.2, 0) is 33.3 Å². The number of allylic oxidation sites excluding steroid dienone is 10. The Morgan fingerprint density at radius 3 is 0.966 bits per heavy atom. The van der Waals surface area contributed by atoms with Crippen LogP contribution in [-0.4, -0.2) is 82.3 Å². The summed E-state index contributed by atoms with van der Waals surface area (Å²) in [6.07, 6.45) is 90.5. The summed E-state index contributed by atoms with van der Waals surface area (Å²) in [6, 6.07) is 0. The summed E-state index contributed by atoms with van der Waals surface area (Å²) in [5, 5.41) is 11.8. The molecule has 0 aromatic carbocycles. The molecule has 0 aliphatic rings. The Kier molecular flexibility index (Phi) is 68.5. The summed E-state index contributed by atoms with van der Waals surface area (Å²) in [6.45, 7) is 4.70. The molecule has 89 heavy (non-hydrogen) atoms. The van der Waals surface area contributed by atoms with Gasteiger partial charge >= 0.3 is 11.9 Å². The molecule has 0 rings (SSSR count). The van der Waals surface area contributed by atoms with Crippen molar-refractivity contribution in [3.05, 3.63) is 60.8 Å². The number of nitrogens with zero attached hydrogens (tertiary/aromatic N) is 1. The number of hydrogen-bond acceptors (Lipinski definition) is 8. The molecule has 0 fully saturated rings. The standard InChI is InChI=1S/C80H147NO8/c1-6-8-10-12-14-16-18-20-22-24-26-28-30-32-33-34-35-36-37-38-39-40-41-42-43-44-45-47-49-51-53-55-57-59-61-63-65-67-69-71-78(83)89-76(75-88-80(79(84)85)86-73-72-81(3,4)5)74-87-77(82)70-68-66-64-62-60-58-56-54-52-50-48-46-31-29-27-25-23-21-19-17-15-13-11-9-7-2/h8,10,14,16,20,22,25-28,76,80H,6-7,9,11-13,15,17-19,21,23-24,29-75H2,1-5H3/b10-8-,16-14-,22-20-,27-25-,28-26-. The van der Waals surface area contributed by atoms with Gasteiger partial charge in [0.2, 0.25) is 0 Å². The molecule has 2 unspecified atom stereocenters. The Hall–Kier alpha value is -3.01. The number of ether oxygens (including phenoxy) is 4. The molecule has 0 radical (unpaired) electrons. The van der Waals surface area contributed by atoms with Gasteiger partial charge in [-0.1, -0.05) is 344 Å².